The Balaban J connectivity index is 2.38. The molecular formula is C12H22BrN3. The van der Waals surface area contributed by atoms with Gasteiger partial charge in [-0.2, -0.15) is 5.10 Å². The molecule has 3 atom stereocenters. The van der Waals surface area contributed by atoms with Crippen molar-refractivity contribution in [1.82, 2.24) is 15.1 Å². The van der Waals surface area contributed by atoms with Crippen molar-refractivity contribution in [2.24, 2.45) is 5.92 Å². The van der Waals surface area contributed by atoms with Crippen LogP contribution >= 0.6 is 15.9 Å². The number of rotatable bonds is 6. The summed E-state index contributed by atoms with van der Waals surface area (Å²) in [6.07, 6.45) is 5.05. The number of nitrogens with one attached hydrogen (secondary N) is 1. The summed E-state index contributed by atoms with van der Waals surface area (Å²) in [5.74, 6) is 0.715. The first-order valence-electron chi connectivity index (χ1n) is 5.97. The van der Waals surface area contributed by atoms with Crippen molar-refractivity contribution in [1.29, 1.82) is 0 Å². The van der Waals surface area contributed by atoms with Gasteiger partial charge < -0.3 is 5.32 Å². The van der Waals surface area contributed by atoms with Gasteiger partial charge in [-0.3, -0.25) is 4.68 Å². The summed E-state index contributed by atoms with van der Waals surface area (Å²) in [4.78, 5) is 0. The molecule has 0 radical (unpaired) electrons. The monoisotopic (exact) mass is 287 g/mol. The molecule has 0 fully saturated rings. The third kappa shape index (κ3) is 4.26. The molecule has 3 unspecified atom stereocenters. The molecule has 0 aromatic carbocycles. The van der Waals surface area contributed by atoms with Crippen LogP contribution in [0.1, 0.15) is 34.1 Å². The van der Waals surface area contributed by atoms with Crippen LogP contribution in [0.3, 0.4) is 0 Å². The van der Waals surface area contributed by atoms with Crippen molar-refractivity contribution in [3.05, 3.63) is 16.9 Å². The number of nitrogens with zero attached hydrogens (tertiary/aromatic N) is 2. The van der Waals surface area contributed by atoms with Crippen LogP contribution < -0.4 is 5.32 Å². The Kier molecular flexibility index (Phi) is 5.49. The van der Waals surface area contributed by atoms with Crippen LogP contribution in [0.2, 0.25) is 0 Å². The van der Waals surface area contributed by atoms with Gasteiger partial charge in [-0.15, -0.1) is 0 Å². The zero-order valence-electron chi connectivity index (χ0n) is 10.6. The van der Waals surface area contributed by atoms with Gasteiger partial charge in [-0.25, -0.2) is 0 Å². The van der Waals surface area contributed by atoms with E-state index in [-0.39, 0.29) is 0 Å². The lowest BCUT2D eigenvalue weighted by atomic mass is 10.0. The summed E-state index contributed by atoms with van der Waals surface area (Å²) in [7, 11) is 0. The largest absolute Gasteiger partial charge is 0.310 e. The number of aromatic nitrogens is 2. The fourth-order valence-electron chi connectivity index (χ4n) is 1.74. The molecule has 16 heavy (non-hydrogen) atoms. The summed E-state index contributed by atoms with van der Waals surface area (Å²) >= 11 is 3.40. The van der Waals surface area contributed by atoms with Crippen molar-refractivity contribution in [2.75, 3.05) is 0 Å². The summed E-state index contributed by atoms with van der Waals surface area (Å²) in [5.41, 5.74) is 0. The fourth-order valence-corrected chi connectivity index (χ4v) is 2.07. The van der Waals surface area contributed by atoms with Crippen molar-refractivity contribution in [2.45, 2.75) is 52.7 Å². The summed E-state index contributed by atoms with van der Waals surface area (Å²) < 4.78 is 3.00. The Morgan fingerprint density at radius 3 is 2.62 bits per heavy atom. The molecule has 0 aliphatic rings. The molecule has 0 saturated heterocycles. The first kappa shape index (κ1) is 13.7. The quantitative estimate of drug-likeness (QED) is 0.872. The molecule has 0 saturated carbocycles. The fraction of sp³-hybridized carbons (Fsp3) is 0.750. The highest BCUT2D eigenvalue weighted by Crippen LogP contribution is 2.09. The zero-order chi connectivity index (χ0) is 12.1. The molecule has 0 bridgehead atoms. The van der Waals surface area contributed by atoms with Crippen molar-refractivity contribution in [3.8, 4) is 0 Å². The van der Waals surface area contributed by atoms with E-state index in [1.807, 2.05) is 17.1 Å². The Hall–Kier alpha value is -0.350. The van der Waals surface area contributed by atoms with Crippen LogP contribution in [0, 0.1) is 5.92 Å². The van der Waals surface area contributed by atoms with Crippen LogP contribution in [-0.4, -0.2) is 21.9 Å². The van der Waals surface area contributed by atoms with Crippen LogP contribution in [-0.2, 0) is 6.54 Å². The Morgan fingerprint density at radius 1 is 1.44 bits per heavy atom. The SMILES string of the molecule is CCC(C)C(C)NC(C)Cn1cc(Br)cn1. The minimum atomic E-state index is 0.441. The average Bonchev–Trinajstić information content (AvgIpc) is 2.62. The first-order valence-corrected chi connectivity index (χ1v) is 6.76. The maximum atomic E-state index is 4.26. The van der Waals surface area contributed by atoms with E-state index in [0.29, 0.717) is 18.0 Å². The molecule has 1 heterocycles. The maximum absolute atomic E-state index is 4.26. The van der Waals surface area contributed by atoms with Gasteiger partial charge in [0, 0.05) is 18.3 Å². The van der Waals surface area contributed by atoms with Crippen LogP contribution in [0.5, 0.6) is 0 Å². The smallest absolute Gasteiger partial charge is 0.0632 e. The zero-order valence-corrected chi connectivity index (χ0v) is 12.2. The molecule has 4 heteroatoms. The summed E-state index contributed by atoms with van der Waals surface area (Å²) in [6, 6.07) is 0.995. The molecular weight excluding hydrogens is 266 g/mol. The van der Waals surface area contributed by atoms with E-state index in [9.17, 15) is 0 Å². The molecule has 3 nitrogen and oxygen atoms in total. The molecule has 0 aliphatic heterocycles. The van der Waals surface area contributed by atoms with Gasteiger partial charge in [-0.1, -0.05) is 20.3 Å². The van der Waals surface area contributed by atoms with Gasteiger partial charge in [0.1, 0.15) is 0 Å². The normalized spacial score (nSPS) is 17.1. The van der Waals surface area contributed by atoms with Gasteiger partial charge in [0.15, 0.2) is 0 Å². The Morgan fingerprint density at radius 2 is 2.12 bits per heavy atom. The number of hydrogen-bond acceptors (Lipinski definition) is 2. The topological polar surface area (TPSA) is 29.9 Å². The van der Waals surface area contributed by atoms with E-state index in [4.69, 9.17) is 0 Å². The highest BCUT2D eigenvalue weighted by atomic mass is 79.9. The van der Waals surface area contributed by atoms with E-state index in [1.54, 1.807) is 0 Å². The molecule has 1 rings (SSSR count). The van der Waals surface area contributed by atoms with Crippen molar-refractivity contribution >= 4 is 15.9 Å². The lowest BCUT2D eigenvalue weighted by molar-refractivity contribution is 0.333. The van der Waals surface area contributed by atoms with E-state index in [2.05, 4.69) is 54.0 Å². The maximum Gasteiger partial charge on any atom is 0.0632 e. The van der Waals surface area contributed by atoms with Crippen molar-refractivity contribution < 1.29 is 0 Å². The van der Waals surface area contributed by atoms with E-state index in [0.717, 1.165) is 11.0 Å². The second kappa shape index (κ2) is 6.40. The Bertz CT molecular complexity index is 311. The van der Waals surface area contributed by atoms with Crippen LogP contribution in [0.4, 0.5) is 0 Å². The lowest BCUT2D eigenvalue weighted by Gasteiger charge is -2.24. The van der Waals surface area contributed by atoms with Gasteiger partial charge >= 0.3 is 0 Å². The average molecular weight is 288 g/mol. The van der Waals surface area contributed by atoms with Crippen LogP contribution in [0.15, 0.2) is 16.9 Å². The highest BCUT2D eigenvalue weighted by Gasteiger charge is 2.13. The molecule has 0 aliphatic carbocycles. The molecule has 92 valence electrons. The Labute approximate surface area is 107 Å². The minimum absolute atomic E-state index is 0.441. The predicted molar refractivity (Wildman–Crippen MR) is 71.4 cm³/mol. The molecule has 0 spiro atoms. The summed E-state index contributed by atoms with van der Waals surface area (Å²) in [5, 5.41) is 7.87. The van der Waals surface area contributed by atoms with E-state index in [1.165, 1.54) is 6.42 Å². The van der Waals surface area contributed by atoms with E-state index < -0.39 is 0 Å². The second-order valence-electron chi connectivity index (χ2n) is 4.62. The lowest BCUT2D eigenvalue weighted by Crippen LogP contribution is -2.40. The minimum Gasteiger partial charge on any atom is -0.310 e. The molecule has 1 N–H and O–H groups in total. The number of halogens is 1. The highest BCUT2D eigenvalue weighted by molar-refractivity contribution is 9.10. The van der Waals surface area contributed by atoms with Gasteiger partial charge in [0.25, 0.3) is 0 Å². The van der Waals surface area contributed by atoms with Gasteiger partial charge in [-0.05, 0) is 35.7 Å². The van der Waals surface area contributed by atoms with Crippen LogP contribution in [0.25, 0.3) is 0 Å². The van der Waals surface area contributed by atoms with Gasteiger partial charge in [0.05, 0.1) is 17.2 Å². The molecule has 1 aromatic heterocycles. The third-order valence-electron chi connectivity index (χ3n) is 3.11. The molecule has 1 aromatic rings. The third-order valence-corrected chi connectivity index (χ3v) is 3.52. The standard InChI is InChI=1S/C12H22BrN3/c1-5-9(2)11(4)15-10(3)7-16-8-12(13)6-14-16/h6,8-11,15H,5,7H2,1-4H3. The van der Waals surface area contributed by atoms with Gasteiger partial charge in [0.2, 0.25) is 0 Å². The van der Waals surface area contributed by atoms with E-state index >= 15 is 0 Å². The predicted octanol–water partition coefficient (Wildman–Crippen LogP) is 3.06. The van der Waals surface area contributed by atoms with Crippen molar-refractivity contribution in [3.63, 3.8) is 0 Å². The number of hydrogen-bond donors (Lipinski definition) is 1. The summed E-state index contributed by atoms with van der Waals surface area (Å²) in [6.45, 7) is 9.89. The second-order valence-corrected chi connectivity index (χ2v) is 5.54. The molecule has 0 amide bonds. The first-order chi connectivity index (χ1) is 7.52.